The Kier molecular flexibility index (Phi) is 8.58. The molecule has 0 heterocycles. The lowest BCUT2D eigenvalue weighted by molar-refractivity contribution is -0.682. The third-order valence-corrected chi connectivity index (χ3v) is 7.33. The molecule has 0 bridgehead atoms. The van der Waals surface area contributed by atoms with E-state index < -0.39 is 10.0 Å². The Hall–Kier alpha value is -2.22. The summed E-state index contributed by atoms with van der Waals surface area (Å²) >= 11 is 0. The highest BCUT2D eigenvalue weighted by Gasteiger charge is 2.22. The Bertz CT molecular complexity index is 936. The van der Waals surface area contributed by atoms with Crippen molar-refractivity contribution in [3.05, 3.63) is 59.7 Å². The predicted molar refractivity (Wildman–Crippen MR) is 121 cm³/mol. The highest BCUT2D eigenvalue weighted by atomic mass is 32.2. The number of rotatable bonds is 10. The fraction of sp³-hybridized carbons (Fsp3) is 0.435. The maximum Gasteiger partial charge on any atom is 0.279 e. The van der Waals surface area contributed by atoms with Gasteiger partial charge in [-0.1, -0.05) is 58.0 Å². The number of nitrogens with one attached hydrogen (secondary N) is 1. The molecule has 0 saturated carbocycles. The van der Waals surface area contributed by atoms with Gasteiger partial charge in [0.1, 0.15) is 6.04 Å². The van der Waals surface area contributed by atoms with Gasteiger partial charge in [0.25, 0.3) is 5.91 Å². The molecule has 164 valence electrons. The van der Waals surface area contributed by atoms with Crippen molar-refractivity contribution < 1.29 is 18.5 Å². The third-order valence-electron chi connectivity index (χ3n) is 5.26. The average Bonchev–Trinajstić information content (AvgIpc) is 2.73. The Morgan fingerprint density at radius 3 is 2.17 bits per heavy atom. The summed E-state index contributed by atoms with van der Waals surface area (Å²) in [6.07, 6.45) is 0. The highest BCUT2D eigenvalue weighted by molar-refractivity contribution is 7.89. The summed E-state index contributed by atoms with van der Waals surface area (Å²) in [6, 6.07) is 14.8. The molecular formula is C23H34N3O3S+. The van der Waals surface area contributed by atoms with Crippen LogP contribution >= 0.6 is 0 Å². The second kappa shape index (κ2) is 10.7. The van der Waals surface area contributed by atoms with Crippen molar-refractivity contribution in [2.45, 2.75) is 51.5 Å². The van der Waals surface area contributed by atoms with Crippen LogP contribution in [0.4, 0.5) is 5.69 Å². The van der Waals surface area contributed by atoms with Crippen LogP contribution in [-0.2, 0) is 14.8 Å². The molecule has 1 atom stereocenters. The van der Waals surface area contributed by atoms with E-state index in [0.717, 1.165) is 16.8 Å². The molecule has 0 aliphatic carbocycles. The van der Waals surface area contributed by atoms with Crippen molar-refractivity contribution in [1.29, 1.82) is 0 Å². The summed E-state index contributed by atoms with van der Waals surface area (Å²) in [4.78, 5) is 12.7. The lowest BCUT2D eigenvalue weighted by Crippen LogP contribution is -2.86. The van der Waals surface area contributed by atoms with Crippen LogP contribution in [0.2, 0.25) is 0 Å². The maximum atomic E-state index is 12.6. The van der Waals surface area contributed by atoms with Gasteiger partial charge in [-0.05, 0) is 36.6 Å². The van der Waals surface area contributed by atoms with E-state index in [-0.39, 0.29) is 18.5 Å². The van der Waals surface area contributed by atoms with Gasteiger partial charge in [-0.15, -0.1) is 0 Å². The molecule has 0 aromatic heterocycles. The third kappa shape index (κ3) is 5.90. The Labute approximate surface area is 180 Å². The largest absolute Gasteiger partial charge is 0.333 e. The van der Waals surface area contributed by atoms with Crippen LogP contribution in [0.5, 0.6) is 0 Å². The second-order valence-corrected chi connectivity index (χ2v) is 9.61. The number of carbonyl (C=O) groups excluding carboxylic acids is 1. The summed E-state index contributed by atoms with van der Waals surface area (Å²) in [5, 5.41) is 4.94. The number of nitrogens with two attached hydrogens (primary N) is 1. The average molecular weight is 433 g/mol. The van der Waals surface area contributed by atoms with Crippen molar-refractivity contribution in [2.75, 3.05) is 25.0 Å². The van der Waals surface area contributed by atoms with E-state index in [4.69, 9.17) is 0 Å². The van der Waals surface area contributed by atoms with E-state index in [9.17, 15) is 13.2 Å². The molecule has 0 aliphatic heterocycles. The van der Waals surface area contributed by atoms with Gasteiger partial charge in [0.2, 0.25) is 10.0 Å². The fourth-order valence-corrected chi connectivity index (χ4v) is 4.85. The molecule has 0 saturated heterocycles. The van der Waals surface area contributed by atoms with Crippen LogP contribution in [0.25, 0.3) is 0 Å². The number of anilines is 1. The SMILES string of the molecule is CCN(CC)S(=O)(=O)c1ccc([C@H](C)[NH2+]CC(=O)Nc2ccccc2C(C)C)cc1. The van der Waals surface area contributed by atoms with E-state index in [1.807, 2.05) is 62.5 Å². The van der Waals surface area contributed by atoms with Crippen LogP contribution in [-0.4, -0.2) is 38.3 Å². The van der Waals surface area contributed by atoms with Crippen molar-refractivity contribution >= 4 is 21.6 Å². The second-order valence-electron chi connectivity index (χ2n) is 7.68. The monoisotopic (exact) mass is 432 g/mol. The number of para-hydroxylation sites is 1. The number of carbonyl (C=O) groups is 1. The fourth-order valence-electron chi connectivity index (χ4n) is 3.39. The Balaban J connectivity index is 1.98. The topological polar surface area (TPSA) is 83.1 Å². The lowest BCUT2D eigenvalue weighted by atomic mass is 10.0. The van der Waals surface area contributed by atoms with E-state index in [0.29, 0.717) is 23.9 Å². The van der Waals surface area contributed by atoms with Crippen LogP contribution in [0.3, 0.4) is 0 Å². The van der Waals surface area contributed by atoms with E-state index >= 15 is 0 Å². The van der Waals surface area contributed by atoms with Gasteiger partial charge in [0.05, 0.1) is 4.90 Å². The van der Waals surface area contributed by atoms with Gasteiger partial charge < -0.3 is 10.6 Å². The molecule has 1 amide bonds. The first-order valence-corrected chi connectivity index (χ1v) is 12.0. The summed E-state index contributed by atoms with van der Waals surface area (Å²) in [5.74, 6) is 0.270. The van der Waals surface area contributed by atoms with Crippen LogP contribution in [0, 0.1) is 0 Å². The van der Waals surface area contributed by atoms with Crippen molar-refractivity contribution in [3.8, 4) is 0 Å². The number of amides is 1. The molecule has 30 heavy (non-hydrogen) atoms. The molecule has 7 heteroatoms. The zero-order valence-electron chi connectivity index (χ0n) is 18.6. The summed E-state index contributed by atoms with van der Waals surface area (Å²) < 4.78 is 26.7. The first-order chi connectivity index (χ1) is 14.2. The normalized spacial score (nSPS) is 12.9. The van der Waals surface area contributed by atoms with E-state index in [1.54, 1.807) is 12.1 Å². The van der Waals surface area contributed by atoms with Crippen molar-refractivity contribution in [1.82, 2.24) is 4.31 Å². The van der Waals surface area contributed by atoms with Gasteiger partial charge in [0.15, 0.2) is 6.54 Å². The van der Waals surface area contributed by atoms with Gasteiger partial charge in [-0.25, -0.2) is 8.42 Å². The molecule has 0 spiro atoms. The van der Waals surface area contributed by atoms with Crippen molar-refractivity contribution in [3.63, 3.8) is 0 Å². The number of hydrogen-bond acceptors (Lipinski definition) is 3. The zero-order valence-corrected chi connectivity index (χ0v) is 19.4. The molecule has 0 unspecified atom stereocenters. The predicted octanol–water partition coefficient (Wildman–Crippen LogP) is 3.10. The van der Waals surface area contributed by atoms with Crippen LogP contribution < -0.4 is 10.6 Å². The minimum absolute atomic E-state index is 0.0290. The molecule has 2 aromatic rings. The molecule has 0 fully saturated rings. The summed E-state index contributed by atoms with van der Waals surface area (Å²) in [6.45, 7) is 11.0. The number of benzene rings is 2. The van der Waals surface area contributed by atoms with E-state index in [1.165, 1.54) is 4.31 Å². The highest BCUT2D eigenvalue weighted by Crippen LogP contribution is 2.23. The van der Waals surface area contributed by atoms with Gasteiger partial charge in [-0.2, -0.15) is 4.31 Å². The summed E-state index contributed by atoms with van der Waals surface area (Å²) in [7, 11) is -3.46. The molecule has 6 nitrogen and oxygen atoms in total. The number of sulfonamides is 1. The molecule has 2 rings (SSSR count). The van der Waals surface area contributed by atoms with Gasteiger partial charge >= 0.3 is 0 Å². The zero-order chi connectivity index (χ0) is 22.3. The Morgan fingerprint density at radius 1 is 1.00 bits per heavy atom. The van der Waals surface area contributed by atoms with Crippen molar-refractivity contribution in [2.24, 2.45) is 0 Å². The molecular weight excluding hydrogens is 398 g/mol. The lowest BCUT2D eigenvalue weighted by Gasteiger charge is -2.19. The number of hydrogen-bond donors (Lipinski definition) is 2. The Morgan fingerprint density at radius 2 is 1.60 bits per heavy atom. The first kappa shape index (κ1) is 24.1. The van der Waals surface area contributed by atoms with Gasteiger partial charge in [-0.3, -0.25) is 4.79 Å². The number of nitrogens with zero attached hydrogens (tertiary/aromatic N) is 1. The molecule has 2 aromatic carbocycles. The first-order valence-electron chi connectivity index (χ1n) is 10.5. The van der Waals surface area contributed by atoms with Gasteiger partial charge in [0, 0.05) is 24.3 Å². The van der Waals surface area contributed by atoms with Crippen LogP contribution in [0.1, 0.15) is 57.7 Å². The smallest absolute Gasteiger partial charge is 0.279 e. The quantitative estimate of drug-likeness (QED) is 0.605. The molecule has 3 N–H and O–H groups in total. The minimum atomic E-state index is -3.46. The molecule has 0 aliphatic rings. The van der Waals surface area contributed by atoms with E-state index in [2.05, 4.69) is 19.2 Å². The molecule has 0 radical (unpaired) electrons. The maximum absolute atomic E-state index is 12.6. The standard InChI is InChI=1S/C23H33N3O3S/c1-6-26(7-2)30(28,29)20-14-12-19(13-15-20)18(5)24-16-23(27)25-22-11-9-8-10-21(22)17(3)4/h8-15,17-18,24H,6-7,16H2,1-5H3,(H,25,27)/p+1/t18-/m0/s1. The summed E-state index contributed by atoms with van der Waals surface area (Å²) in [5.41, 5.74) is 2.94. The number of quaternary nitrogens is 1. The van der Waals surface area contributed by atoms with Crippen LogP contribution in [0.15, 0.2) is 53.4 Å². The minimum Gasteiger partial charge on any atom is -0.333 e.